The van der Waals surface area contributed by atoms with Gasteiger partial charge in [0.05, 0.1) is 10.5 Å². The molecule has 1 unspecified atom stereocenters. The Morgan fingerprint density at radius 3 is 2.39 bits per heavy atom. The van der Waals surface area contributed by atoms with Crippen LogP contribution in [-0.2, 0) is 11.0 Å². The van der Waals surface area contributed by atoms with Gasteiger partial charge in [-0.2, -0.15) is 13.2 Å². The van der Waals surface area contributed by atoms with Crippen LogP contribution in [0, 0.1) is 0 Å². The molecule has 0 bridgehead atoms. The molecule has 0 aromatic heterocycles. The number of amides is 1. The Bertz CT molecular complexity index is 849. The third kappa shape index (κ3) is 5.01. The van der Waals surface area contributed by atoms with E-state index in [9.17, 15) is 18.0 Å². The lowest BCUT2D eigenvalue weighted by molar-refractivity contribution is -0.137. The summed E-state index contributed by atoms with van der Waals surface area (Å²) in [5.41, 5.74) is 0.391. The van der Waals surface area contributed by atoms with Crippen molar-refractivity contribution >= 4 is 29.3 Å². The second kappa shape index (κ2) is 9.63. The number of allylic oxidation sites excluding steroid dienone is 1. The number of nitrogens with zero attached hydrogens (tertiary/aromatic N) is 3. The van der Waals surface area contributed by atoms with Crippen LogP contribution in [0.2, 0.25) is 5.02 Å². The average Bonchev–Trinajstić information content (AvgIpc) is 3.03. The largest absolute Gasteiger partial charge is 0.416 e. The van der Waals surface area contributed by atoms with E-state index in [2.05, 4.69) is 18.7 Å². The fourth-order valence-corrected chi connectivity index (χ4v) is 6.01. The Kier molecular flexibility index (Phi) is 7.54. The van der Waals surface area contributed by atoms with Crippen LogP contribution in [0.5, 0.6) is 0 Å². The van der Waals surface area contributed by atoms with Crippen molar-refractivity contribution in [3.05, 3.63) is 45.0 Å². The van der Waals surface area contributed by atoms with Crippen molar-refractivity contribution in [2.24, 2.45) is 0 Å². The van der Waals surface area contributed by atoms with Crippen molar-refractivity contribution < 1.29 is 18.0 Å². The third-order valence-electron chi connectivity index (χ3n) is 6.30. The van der Waals surface area contributed by atoms with Gasteiger partial charge in [-0.3, -0.25) is 4.79 Å². The van der Waals surface area contributed by atoms with Gasteiger partial charge >= 0.3 is 6.18 Å². The van der Waals surface area contributed by atoms with Gasteiger partial charge in [0.2, 0.25) is 0 Å². The highest BCUT2D eigenvalue weighted by molar-refractivity contribution is 8.04. The highest BCUT2D eigenvalue weighted by atomic mass is 35.5. The van der Waals surface area contributed by atoms with Gasteiger partial charge in [0, 0.05) is 42.5 Å². The molecule has 2 aliphatic rings. The summed E-state index contributed by atoms with van der Waals surface area (Å²) < 4.78 is 39.6. The lowest BCUT2D eigenvalue weighted by atomic mass is 10.0. The van der Waals surface area contributed by atoms with E-state index in [1.54, 1.807) is 7.05 Å². The fraction of sp³-hybridized carbons (Fsp3) is 0.591. The zero-order chi connectivity index (χ0) is 22.9. The molecule has 31 heavy (non-hydrogen) atoms. The van der Waals surface area contributed by atoms with Crippen LogP contribution in [0.3, 0.4) is 0 Å². The maximum absolute atomic E-state index is 13.3. The predicted octanol–water partition coefficient (Wildman–Crippen LogP) is 5.60. The molecule has 2 heterocycles. The van der Waals surface area contributed by atoms with E-state index >= 15 is 0 Å². The summed E-state index contributed by atoms with van der Waals surface area (Å²) in [5, 5.41) is -0.208. The maximum Gasteiger partial charge on any atom is 0.416 e. The molecule has 3 rings (SSSR count). The number of likely N-dealkylation sites (tertiary alicyclic amines) is 1. The third-order valence-corrected chi connectivity index (χ3v) is 8.15. The molecule has 172 valence electrons. The van der Waals surface area contributed by atoms with Crippen LogP contribution in [0.15, 0.2) is 28.8 Å². The summed E-state index contributed by atoms with van der Waals surface area (Å²) in [4.78, 5) is 20.0. The van der Waals surface area contributed by atoms with E-state index in [0.29, 0.717) is 29.6 Å². The zero-order valence-electron chi connectivity index (χ0n) is 18.3. The quantitative estimate of drug-likeness (QED) is 0.553. The lowest BCUT2D eigenvalue weighted by Gasteiger charge is -2.37. The summed E-state index contributed by atoms with van der Waals surface area (Å²) >= 11 is 7.55. The van der Waals surface area contributed by atoms with E-state index in [4.69, 9.17) is 11.6 Å². The average molecular weight is 476 g/mol. The van der Waals surface area contributed by atoms with Crippen molar-refractivity contribution in [2.75, 3.05) is 33.2 Å². The molecule has 1 aromatic rings. The number of hydrogen-bond donors (Lipinski definition) is 0. The number of carbonyl (C=O) groups is 1. The molecule has 0 aliphatic carbocycles. The molecule has 0 saturated carbocycles. The standard InChI is InChI=1S/C22H29ClF3N3OS/c1-5-28(6-2)16-9-11-29(12-10-16)20(30)19-14(3)27(4)21(31-19)17-13-15(22(24,25)26)7-8-18(17)23/h7-8,13,16,21H,5-6,9-12H2,1-4H3. The number of piperidine rings is 1. The van der Waals surface area contributed by atoms with E-state index in [-0.39, 0.29) is 10.9 Å². The van der Waals surface area contributed by atoms with Crippen LogP contribution in [0.1, 0.15) is 50.1 Å². The first-order chi connectivity index (χ1) is 14.6. The Labute approximate surface area is 191 Å². The number of thioether (sulfide) groups is 1. The van der Waals surface area contributed by atoms with Crippen LogP contribution in [0.25, 0.3) is 0 Å². The first-order valence-electron chi connectivity index (χ1n) is 10.6. The van der Waals surface area contributed by atoms with E-state index < -0.39 is 17.1 Å². The molecule has 0 radical (unpaired) electrons. The molecule has 4 nitrogen and oxygen atoms in total. The molecular formula is C22H29ClF3N3OS. The number of hydrogen-bond acceptors (Lipinski definition) is 4. The van der Waals surface area contributed by atoms with Gasteiger partial charge in [-0.25, -0.2) is 0 Å². The molecule has 1 saturated heterocycles. The highest BCUT2D eigenvalue weighted by Crippen LogP contribution is 2.49. The summed E-state index contributed by atoms with van der Waals surface area (Å²) in [6.45, 7) is 9.52. The van der Waals surface area contributed by atoms with Crippen molar-refractivity contribution in [1.29, 1.82) is 0 Å². The summed E-state index contributed by atoms with van der Waals surface area (Å²) in [6.07, 6.45) is -2.58. The smallest absolute Gasteiger partial charge is 0.361 e. The number of benzene rings is 1. The Morgan fingerprint density at radius 2 is 1.84 bits per heavy atom. The first-order valence-corrected chi connectivity index (χ1v) is 11.8. The molecule has 0 N–H and O–H groups in total. The van der Waals surface area contributed by atoms with Gasteiger partial charge in [-0.1, -0.05) is 37.2 Å². The van der Waals surface area contributed by atoms with E-state index in [0.717, 1.165) is 43.8 Å². The van der Waals surface area contributed by atoms with Crippen molar-refractivity contribution in [3.8, 4) is 0 Å². The van der Waals surface area contributed by atoms with Crippen LogP contribution in [-0.4, -0.2) is 59.9 Å². The maximum atomic E-state index is 13.3. The minimum Gasteiger partial charge on any atom is -0.361 e. The predicted molar refractivity (Wildman–Crippen MR) is 120 cm³/mol. The molecular weight excluding hydrogens is 447 g/mol. The first kappa shape index (κ1) is 24.3. The number of halogens is 4. The second-order valence-electron chi connectivity index (χ2n) is 7.97. The number of alkyl halides is 3. The van der Waals surface area contributed by atoms with Gasteiger partial charge < -0.3 is 14.7 Å². The normalized spacial score (nSPS) is 20.9. The molecule has 1 atom stereocenters. The van der Waals surface area contributed by atoms with Crippen LogP contribution < -0.4 is 0 Å². The molecule has 9 heteroatoms. The van der Waals surface area contributed by atoms with Gasteiger partial charge in [-0.15, -0.1) is 0 Å². The highest BCUT2D eigenvalue weighted by Gasteiger charge is 2.38. The molecule has 0 spiro atoms. The van der Waals surface area contributed by atoms with Gasteiger partial charge in [-0.05, 0) is 51.1 Å². The molecule has 2 aliphatic heterocycles. The van der Waals surface area contributed by atoms with Crippen molar-refractivity contribution in [2.45, 2.75) is 51.2 Å². The van der Waals surface area contributed by atoms with Gasteiger partial charge in [0.15, 0.2) is 0 Å². The SMILES string of the molecule is CCN(CC)C1CCN(C(=O)C2=C(C)N(C)C(c3cc(C(F)(F)F)ccc3Cl)S2)CC1. The minimum absolute atomic E-state index is 0.0436. The minimum atomic E-state index is -4.45. The monoisotopic (exact) mass is 475 g/mol. The molecule has 1 fully saturated rings. The van der Waals surface area contributed by atoms with Crippen LogP contribution in [0.4, 0.5) is 13.2 Å². The molecule has 1 amide bonds. The zero-order valence-corrected chi connectivity index (χ0v) is 19.9. The van der Waals surface area contributed by atoms with E-state index in [1.807, 2.05) is 16.7 Å². The summed E-state index contributed by atoms with van der Waals surface area (Å²) in [5.74, 6) is -0.0436. The second-order valence-corrected chi connectivity index (χ2v) is 9.47. The number of carbonyl (C=O) groups excluding carboxylic acids is 1. The lowest BCUT2D eigenvalue weighted by Crippen LogP contribution is -2.46. The van der Waals surface area contributed by atoms with Gasteiger partial charge in [0.25, 0.3) is 5.91 Å². The van der Waals surface area contributed by atoms with Gasteiger partial charge in [0.1, 0.15) is 5.37 Å². The van der Waals surface area contributed by atoms with Crippen molar-refractivity contribution in [3.63, 3.8) is 0 Å². The van der Waals surface area contributed by atoms with Crippen molar-refractivity contribution in [1.82, 2.24) is 14.7 Å². The fourth-order valence-electron chi connectivity index (χ4n) is 4.32. The number of rotatable bonds is 5. The Hall–Kier alpha value is -1.38. The topological polar surface area (TPSA) is 26.8 Å². The summed E-state index contributed by atoms with van der Waals surface area (Å²) in [6, 6.07) is 3.84. The van der Waals surface area contributed by atoms with E-state index in [1.165, 1.54) is 17.8 Å². The van der Waals surface area contributed by atoms with Crippen LogP contribution >= 0.6 is 23.4 Å². The Morgan fingerprint density at radius 1 is 1.23 bits per heavy atom. The molecule has 1 aromatic carbocycles. The Balaban J connectivity index is 1.75. The summed E-state index contributed by atoms with van der Waals surface area (Å²) in [7, 11) is 1.79.